The first-order chi connectivity index (χ1) is 5.33. The second kappa shape index (κ2) is 4.78. The fourth-order valence-corrected chi connectivity index (χ4v) is 1.20. The third-order valence-corrected chi connectivity index (χ3v) is 1.79. The van der Waals surface area contributed by atoms with Gasteiger partial charge in [-0.05, 0) is 18.3 Å². The normalized spacial score (nSPS) is 13.0. The Kier molecular flexibility index (Phi) is 4.73. The number of hydrogen-bond acceptors (Lipinski definition) is 0. The lowest BCUT2D eigenvalue weighted by atomic mass is 9.98. The Hall–Kier alpha value is -0.140. The Bertz CT molecular complexity index is 117. The van der Waals surface area contributed by atoms with Crippen molar-refractivity contribution in [1.82, 2.24) is 0 Å². The molecule has 0 fully saturated rings. The van der Waals surface area contributed by atoms with Gasteiger partial charge in [0.05, 0.1) is 0 Å². The summed E-state index contributed by atoms with van der Waals surface area (Å²) >= 11 is 0. The summed E-state index contributed by atoms with van der Waals surface area (Å²) in [7, 11) is 0. The van der Waals surface area contributed by atoms with E-state index in [9.17, 15) is 8.78 Å². The fraction of sp³-hybridized carbons (Fsp3) is 1.00. The van der Waals surface area contributed by atoms with Gasteiger partial charge in [0.1, 0.15) is 0 Å². The Morgan fingerprint density at radius 2 is 1.50 bits per heavy atom. The zero-order chi connectivity index (χ0) is 9.78. The Balaban J connectivity index is 3.71. The lowest BCUT2D eigenvalue weighted by Gasteiger charge is -2.19. The van der Waals surface area contributed by atoms with E-state index in [4.69, 9.17) is 0 Å². The summed E-state index contributed by atoms with van der Waals surface area (Å²) in [6.45, 7) is 7.63. The second-order valence-corrected chi connectivity index (χ2v) is 4.39. The highest BCUT2D eigenvalue weighted by Gasteiger charge is 2.29. The molecule has 0 amide bonds. The van der Waals surface area contributed by atoms with Crippen molar-refractivity contribution in [3.8, 4) is 0 Å². The molecule has 74 valence electrons. The maximum atomic E-state index is 13.0. The highest BCUT2D eigenvalue weighted by molar-refractivity contribution is 4.68. The van der Waals surface area contributed by atoms with E-state index in [1.165, 1.54) is 0 Å². The minimum atomic E-state index is -2.45. The van der Waals surface area contributed by atoms with E-state index in [0.717, 1.165) is 0 Å². The molecule has 0 saturated heterocycles. The lowest BCUT2D eigenvalue weighted by Crippen LogP contribution is -2.19. The van der Waals surface area contributed by atoms with Crippen molar-refractivity contribution in [3.05, 3.63) is 0 Å². The van der Waals surface area contributed by atoms with Crippen LogP contribution in [0.5, 0.6) is 0 Å². The average Bonchev–Trinajstić information content (AvgIpc) is 1.81. The monoisotopic (exact) mass is 178 g/mol. The predicted octanol–water partition coefficient (Wildman–Crippen LogP) is 4.10. The van der Waals surface area contributed by atoms with Crippen LogP contribution in [0, 0.1) is 11.8 Å². The van der Waals surface area contributed by atoms with E-state index >= 15 is 0 Å². The summed E-state index contributed by atoms with van der Waals surface area (Å²) in [6.07, 6.45) is 0.697. The van der Waals surface area contributed by atoms with Gasteiger partial charge in [-0.25, -0.2) is 8.78 Å². The SMILES string of the molecule is CC(C)CCC(F)(F)CC(C)C. The van der Waals surface area contributed by atoms with Gasteiger partial charge in [-0.2, -0.15) is 0 Å². The first kappa shape index (κ1) is 11.9. The van der Waals surface area contributed by atoms with Crippen LogP contribution in [0.15, 0.2) is 0 Å². The van der Waals surface area contributed by atoms with Crippen LogP contribution in [-0.2, 0) is 0 Å². The van der Waals surface area contributed by atoms with Gasteiger partial charge < -0.3 is 0 Å². The zero-order valence-corrected chi connectivity index (χ0v) is 8.53. The van der Waals surface area contributed by atoms with E-state index in [1.54, 1.807) is 0 Å². The number of rotatable bonds is 5. The van der Waals surface area contributed by atoms with Crippen molar-refractivity contribution in [2.45, 2.75) is 52.9 Å². The van der Waals surface area contributed by atoms with Crippen LogP contribution in [0.4, 0.5) is 8.78 Å². The zero-order valence-electron chi connectivity index (χ0n) is 8.53. The Morgan fingerprint density at radius 3 is 1.83 bits per heavy atom. The molecular formula is C10H20F2. The lowest BCUT2D eigenvalue weighted by molar-refractivity contribution is -0.0312. The third-order valence-electron chi connectivity index (χ3n) is 1.79. The number of hydrogen-bond donors (Lipinski definition) is 0. The molecule has 0 N–H and O–H groups in total. The predicted molar refractivity (Wildman–Crippen MR) is 48.5 cm³/mol. The molecule has 0 spiro atoms. The van der Waals surface area contributed by atoms with E-state index in [2.05, 4.69) is 0 Å². The molecule has 0 aromatic carbocycles. The van der Waals surface area contributed by atoms with E-state index in [-0.39, 0.29) is 18.8 Å². The van der Waals surface area contributed by atoms with E-state index in [1.807, 2.05) is 27.7 Å². The standard InChI is InChI=1S/C10H20F2/c1-8(2)5-6-10(11,12)7-9(3)4/h8-9H,5-7H2,1-4H3. The van der Waals surface area contributed by atoms with Gasteiger partial charge in [0.2, 0.25) is 5.92 Å². The van der Waals surface area contributed by atoms with Crippen LogP contribution in [0.3, 0.4) is 0 Å². The molecule has 0 aliphatic carbocycles. The summed E-state index contributed by atoms with van der Waals surface area (Å²) < 4.78 is 26.1. The van der Waals surface area contributed by atoms with Crippen LogP contribution in [-0.4, -0.2) is 5.92 Å². The molecule has 0 unspecified atom stereocenters. The van der Waals surface area contributed by atoms with Gasteiger partial charge in [0.25, 0.3) is 0 Å². The number of alkyl halides is 2. The molecule has 0 saturated carbocycles. The van der Waals surface area contributed by atoms with Gasteiger partial charge in [-0.15, -0.1) is 0 Å². The molecule has 0 heterocycles. The van der Waals surface area contributed by atoms with Crippen molar-refractivity contribution in [3.63, 3.8) is 0 Å². The molecule has 2 heteroatoms. The van der Waals surface area contributed by atoms with Gasteiger partial charge in [0.15, 0.2) is 0 Å². The molecular weight excluding hydrogens is 158 g/mol. The van der Waals surface area contributed by atoms with E-state index < -0.39 is 5.92 Å². The largest absolute Gasteiger partial charge is 0.248 e. The Labute approximate surface area is 74.4 Å². The smallest absolute Gasteiger partial charge is 0.207 e. The molecule has 0 nitrogen and oxygen atoms in total. The van der Waals surface area contributed by atoms with Crippen molar-refractivity contribution in [1.29, 1.82) is 0 Å². The quantitative estimate of drug-likeness (QED) is 0.594. The summed E-state index contributed by atoms with van der Waals surface area (Å²) in [4.78, 5) is 0. The topological polar surface area (TPSA) is 0 Å². The van der Waals surface area contributed by atoms with Crippen LogP contribution >= 0.6 is 0 Å². The van der Waals surface area contributed by atoms with Crippen molar-refractivity contribution in [2.75, 3.05) is 0 Å². The minimum absolute atomic E-state index is 0.0275. The molecule has 0 atom stereocenters. The van der Waals surface area contributed by atoms with Gasteiger partial charge in [-0.1, -0.05) is 27.7 Å². The maximum absolute atomic E-state index is 13.0. The summed E-state index contributed by atoms with van der Waals surface area (Å²) in [5.41, 5.74) is 0. The minimum Gasteiger partial charge on any atom is -0.207 e. The van der Waals surface area contributed by atoms with Crippen LogP contribution < -0.4 is 0 Å². The summed E-state index contributed by atoms with van der Waals surface area (Å²) in [5.74, 6) is -1.98. The molecule has 0 bridgehead atoms. The van der Waals surface area contributed by atoms with Gasteiger partial charge in [-0.3, -0.25) is 0 Å². The van der Waals surface area contributed by atoms with Crippen molar-refractivity contribution in [2.24, 2.45) is 11.8 Å². The molecule has 0 aliphatic heterocycles. The fourth-order valence-electron chi connectivity index (χ4n) is 1.20. The highest BCUT2D eigenvalue weighted by Crippen LogP contribution is 2.29. The average molecular weight is 178 g/mol. The molecule has 0 aliphatic rings. The maximum Gasteiger partial charge on any atom is 0.248 e. The molecule has 0 aromatic heterocycles. The van der Waals surface area contributed by atoms with Crippen LogP contribution in [0.2, 0.25) is 0 Å². The van der Waals surface area contributed by atoms with Crippen molar-refractivity contribution < 1.29 is 8.78 Å². The van der Waals surface area contributed by atoms with Crippen LogP contribution in [0.1, 0.15) is 47.0 Å². The Morgan fingerprint density at radius 1 is 1.00 bits per heavy atom. The summed E-state index contributed by atoms with van der Waals surface area (Å²) in [6, 6.07) is 0. The van der Waals surface area contributed by atoms with Gasteiger partial charge in [0, 0.05) is 12.8 Å². The molecule has 0 rings (SSSR count). The third kappa shape index (κ3) is 6.56. The molecule has 0 aromatic rings. The molecule has 12 heavy (non-hydrogen) atoms. The van der Waals surface area contributed by atoms with Gasteiger partial charge >= 0.3 is 0 Å². The number of halogens is 2. The first-order valence-corrected chi connectivity index (χ1v) is 4.71. The summed E-state index contributed by atoms with van der Waals surface area (Å²) in [5, 5.41) is 0. The van der Waals surface area contributed by atoms with E-state index in [0.29, 0.717) is 12.3 Å². The molecule has 0 radical (unpaired) electrons. The van der Waals surface area contributed by atoms with Crippen LogP contribution in [0.25, 0.3) is 0 Å². The van der Waals surface area contributed by atoms with Crippen molar-refractivity contribution >= 4 is 0 Å². The first-order valence-electron chi connectivity index (χ1n) is 4.71. The second-order valence-electron chi connectivity index (χ2n) is 4.39. The highest BCUT2D eigenvalue weighted by atomic mass is 19.3.